The third kappa shape index (κ3) is 1.89. The molecule has 0 aliphatic heterocycles. The zero-order chi connectivity index (χ0) is 13.6. The van der Waals surface area contributed by atoms with Crippen LogP contribution < -0.4 is 0 Å². The Kier molecular flexibility index (Phi) is 2.77. The molecule has 1 aliphatic carbocycles. The van der Waals surface area contributed by atoms with Crippen LogP contribution in [-0.2, 0) is 24.1 Å². The fraction of sp³-hybridized carbons (Fsp3) is 0.375. The number of hydrogen-bond donors (Lipinski definition) is 1. The van der Waals surface area contributed by atoms with Crippen molar-refractivity contribution in [2.75, 3.05) is 0 Å². The van der Waals surface area contributed by atoms with Crippen LogP contribution in [0.3, 0.4) is 0 Å². The van der Waals surface area contributed by atoms with Crippen molar-refractivity contribution in [2.24, 2.45) is 0 Å². The minimum atomic E-state index is -0.764. The highest BCUT2D eigenvalue weighted by Gasteiger charge is 2.21. The quantitative estimate of drug-likeness (QED) is 0.897. The van der Waals surface area contributed by atoms with E-state index in [4.69, 9.17) is 10.1 Å². The maximum absolute atomic E-state index is 11.1. The molecule has 0 saturated carbocycles. The van der Waals surface area contributed by atoms with Crippen molar-refractivity contribution < 1.29 is 9.90 Å². The Balaban J connectivity index is 2.37. The summed E-state index contributed by atoms with van der Waals surface area (Å²) in [4.78, 5) is 15.9. The summed E-state index contributed by atoms with van der Waals surface area (Å²) in [7, 11) is 0. The van der Waals surface area contributed by atoms with Crippen molar-refractivity contribution in [3.8, 4) is 0 Å². The highest BCUT2D eigenvalue weighted by Crippen LogP contribution is 2.32. The molecule has 3 heteroatoms. The first-order chi connectivity index (χ1) is 9.08. The van der Waals surface area contributed by atoms with E-state index in [0.717, 1.165) is 41.4 Å². The molecule has 0 fully saturated rings. The van der Waals surface area contributed by atoms with Crippen LogP contribution in [0.25, 0.3) is 10.9 Å². The van der Waals surface area contributed by atoms with E-state index >= 15 is 0 Å². The Labute approximate surface area is 112 Å². The van der Waals surface area contributed by atoms with E-state index in [0.29, 0.717) is 0 Å². The number of rotatable bonds is 2. The van der Waals surface area contributed by atoms with Crippen LogP contribution in [0.4, 0.5) is 0 Å². The number of benzene rings is 1. The molecule has 1 aliphatic rings. The Morgan fingerprint density at radius 1 is 1.32 bits per heavy atom. The van der Waals surface area contributed by atoms with Crippen LogP contribution in [0.1, 0.15) is 34.4 Å². The number of aromatic nitrogens is 1. The van der Waals surface area contributed by atoms with Gasteiger partial charge in [0.2, 0.25) is 0 Å². The summed E-state index contributed by atoms with van der Waals surface area (Å²) in [6, 6.07) is 4.09. The number of hydrogen-bond acceptors (Lipinski definition) is 2. The average molecular weight is 255 g/mol. The third-order valence-corrected chi connectivity index (χ3v) is 4.15. The van der Waals surface area contributed by atoms with Gasteiger partial charge in [-0.2, -0.15) is 0 Å². The van der Waals surface area contributed by atoms with Gasteiger partial charge < -0.3 is 5.11 Å². The van der Waals surface area contributed by atoms with Crippen LogP contribution in [0.15, 0.2) is 12.1 Å². The van der Waals surface area contributed by atoms with E-state index in [9.17, 15) is 4.79 Å². The van der Waals surface area contributed by atoms with E-state index in [1.54, 1.807) is 0 Å². The normalized spacial score (nSPS) is 13.8. The number of aryl methyl sites for hydroxylation is 3. The lowest BCUT2D eigenvalue weighted by atomic mass is 9.95. The number of fused-ring (bicyclic) bond motifs is 2. The molecule has 0 bridgehead atoms. The van der Waals surface area contributed by atoms with Gasteiger partial charge in [-0.15, -0.1) is 0 Å². The Morgan fingerprint density at radius 3 is 2.84 bits per heavy atom. The first kappa shape index (κ1) is 12.2. The number of carboxylic acids is 1. The molecule has 19 heavy (non-hydrogen) atoms. The Bertz CT molecular complexity index is 689. The van der Waals surface area contributed by atoms with Crippen LogP contribution in [0, 0.1) is 13.8 Å². The number of aliphatic carboxylic acids is 1. The molecule has 3 rings (SSSR count). The van der Waals surface area contributed by atoms with E-state index in [1.165, 1.54) is 16.7 Å². The minimum Gasteiger partial charge on any atom is -0.481 e. The Hall–Kier alpha value is -1.90. The first-order valence-corrected chi connectivity index (χ1v) is 6.70. The van der Waals surface area contributed by atoms with Gasteiger partial charge in [0.1, 0.15) is 0 Å². The third-order valence-electron chi connectivity index (χ3n) is 4.15. The molecule has 1 aromatic heterocycles. The molecule has 0 spiro atoms. The van der Waals surface area contributed by atoms with Crippen LogP contribution >= 0.6 is 0 Å². The molecule has 1 heterocycles. The molecule has 0 radical (unpaired) electrons. The van der Waals surface area contributed by atoms with E-state index in [1.807, 2.05) is 6.07 Å². The number of carboxylic acid groups (broad SMARTS) is 1. The predicted octanol–water partition coefficient (Wildman–Crippen LogP) is 2.97. The molecule has 0 saturated heterocycles. The molecule has 98 valence electrons. The zero-order valence-corrected chi connectivity index (χ0v) is 11.3. The van der Waals surface area contributed by atoms with Gasteiger partial charge in [0.15, 0.2) is 0 Å². The molecular weight excluding hydrogens is 238 g/mol. The number of pyridine rings is 1. The van der Waals surface area contributed by atoms with E-state index in [2.05, 4.69) is 19.9 Å². The van der Waals surface area contributed by atoms with Crippen molar-refractivity contribution >= 4 is 16.9 Å². The standard InChI is InChI=1S/C16H17NO2/c1-9-6-7-12-13(8-15(18)19)11-4-3-5-14(11)17-16(12)10(9)2/h6-7H,3-5,8H2,1-2H3,(H,18,19). The van der Waals surface area contributed by atoms with Crippen LogP contribution in [0.2, 0.25) is 0 Å². The van der Waals surface area contributed by atoms with Gasteiger partial charge in [-0.25, -0.2) is 0 Å². The second-order valence-corrected chi connectivity index (χ2v) is 5.34. The van der Waals surface area contributed by atoms with Crippen LogP contribution in [0.5, 0.6) is 0 Å². The monoisotopic (exact) mass is 255 g/mol. The highest BCUT2D eigenvalue weighted by atomic mass is 16.4. The molecule has 0 atom stereocenters. The van der Waals surface area contributed by atoms with Crippen molar-refractivity contribution in [1.82, 2.24) is 4.98 Å². The fourth-order valence-corrected chi connectivity index (χ4v) is 3.02. The van der Waals surface area contributed by atoms with Gasteiger partial charge in [0.05, 0.1) is 11.9 Å². The van der Waals surface area contributed by atoms with Gasteiger partial charge in [-0.1, -0.05) is 12.1 Å². The lowest BCUT2D eigenvalue weighted by Gasteiger charge is -2.13. The molecule has 1 N–H and O–H groups in total. The van der Waals surface area contributed by atoms with Crippen molar-refractivity contribution in [3.63, 3.8) is 0 Å². The lowest BCUT2D eigenvalue weighted by molar-refractivity contribution is -0.136. The topological polar surface area (TPSA) is 50.2 Å². The maximum Gasteiger partial charge on any atom is 0.307 e. The molecule has 2 aromatic rings. The summed E-state index contributed by atoms with van der Waals surface area (Å²) < 4.78 is 0. The summed E-state index contributed by atoms with van der Waals surface area (Å²) in [5.74, 6) is -0.764. The van der Waals surface area contributed by atoms with Gasteiger partial charge in [-0.05, 0) is 55.4 Å². The van der Waals surface area contributed by atoms with Crippen molar-refractivity contribution in [1.29, 1.82) is 0 Å². The molecule has 0 unspecified atom stereocenters. The Morgan fingerprint density at radius 2 is 2.11 bits per heavy atom. The van der Waals surface area contributed by atoms with Gasteiger partial charge in [-0.3, -0.25) is 9.78 Å². The number of carbonyl (C=O) groups is 1. The number of nitrogens with zero attached hydrogens (tertiary/aromatic N) is 1. The minimum absolute atomic E-state index is 0.101. The van der Waals surface area contributed by atoms with Crippen molar-refractivity contribution in [3.05, 3.63) is 40.1 Å². The zero-order valence-electron chi connectivity index (χ0n) is 11.3. The van der Waals surface area contributed by atoms with E-state index < -0.39 is 5.97 Å². The predicted molar refractivity (Wildman–Crippen MR) is 74.6 cm³/mol. The average Bonchev–Trinajstić information content (AvgIpc) is 2.82. The molecule has 0 amide bonds. The van der Waals surface area contributed by atoms with Gasteiger partial charge >= 0.3 is 5.97 Å². The maximum atomic E-state index is 11.1. The summed E-state index contributed by atoms with van der Waals surface area (Å²) in [5.41, 5.74) is 6.62. The fourth-order valence-electron chi connectivity index (χ4n) is 3.02. The highest BCUT2D eigenvalue weighted by molar-refractivity contribution is 5.90. The SMILES string of the molecule is Cc1ccc2c(CC(=O)O)c3c(nc2c1C)CCC3. The second-order valence-electron chi connectivity index (χ2n) is 5.34. The summed E-state index contributed by atoms with van der Waals surface area (Å²) in [6.45, 7) is 4.14. The summed E-state index contributed by atoms with van der Waals surface area (Å²) >= 11 is 0. The van der Waals surface area contributed by atoms with Gasteiger partial charge in [0.25, 0.3) is 0 Å². The summed E-state index contributed by atoms with van der Waals surface area (Å²) in [5, 5.41) is 10.2. The second kappa shape index (κ2) is 4.34. The van der Waals surface area contributed by atoms with Crippen molar-refractivity contribution in [2.45, 2.75) is 39.5 Å². The van der Waals surface area contributed by atoms with E-state index in [-0.39, 0.29) is 6.42 Å². The summed E-state index contributed by atoms with van der Waals surface area (Å²) in [6.07, 6.45) is 3.13. The molecule has 1 aromatic carbocycles. The van der Waals surface area contributed by atoms with Gasteiger partial charge in [0, 0.05) is 11.1 Å². The molecular formula is C16H17NO2. The smallest absolute Gasteiger partial charge is 0.307 e. The first-order valence-electron chi connectivity index (χ1n) is 6.70. The van der Waals surface area contributed by atoms with Crippen LogP contribution in [-0.4, -0.2) is 16.1 Å². The lowest BCUT2D eigenvalue weighted by Crippen LogP contribution is -2.07. The largest absolute Gasteiger partial charge is 0.481 e. The molecule has 3 nitrogen and oxygen atoms in total.